The number of benzene rings is 1. The summed E-state index contributed by atoms with van der Waals surface area (Å²) >= 11 is 0. The first-order chi connectivity index (χ1) is 9.72. The van der Waals surface area contributed by atoms with E-state index in [0.29, 0.717) is 25.3 Å². The van der Waals surface area contributed by atoms with Crippen LogP contribution in [0.3, 0.4) is 0 Å². The Bertz CT molecular complexity index is 428. The van der Waals surface area contributed by atoms with Gasteiger partial charge in [0.1, 0.15) is 0 Å². The molecule has 0 spiro atoms. The second-order valence-electron chi connectivity index (χ2n) is 5.12. The van der Waals surface area contributed by atoms with Crippen molar-refractivity contribution in [1.29, 1.82) is 0 Å². The fraction of sp³-hybridized carbons (Fsp3) is 0.600. The van der Waals surface area contributed by atoms with E-state index in [1.54, 1.807) is 12.1 Å². The van der Waals surface area contributed by atoms with Crippen molar-refractivity contribution in [2.75, 3.05) is 32.8 Å². The monoisotopic (exact) mass is 284 g/mol. The van der Waals surface area contributed by atoms with Gasteiger partial charge in [-0.15, -0.1) is 0 Å². The molecule has 1 aromatic rings. The lowest BCUT2D eigenvalue weighted by Gasteiger charge is -2.35. The van der Waals surface area contributed by atoms with E-state index in [1.165, 1.54) is 0 Å². The minimum atomic E-state index is -0.781. The molecule has 112 valence electrons. The molecule has 0 saturated carbocycles. The van der Waals surface area contributed by atoms with Gasteiger partial charge in [0.05, 0.1) is 13.2 Å². The number of nitrogens with zero attached hydrogens (tertiary/aromatic N) is 1. The van der Waals surface area contributed by atoms with Gasteiger partial charge in [0.2, 0.25) is 0 Å². The minimum absolute atomic E-state index is 0.206. The van der Waals surface area contributed by atoms with Crippen molar-refractivity contribution in [3.8, 4) is 0 Å². The summed E-state index contributed by atoms with van der Waals surface area (Å²) < 4.78 is 32.5. The molecule has 1 aliphatic heterocycles. The molecule has 1 aromatic carbocycles. The fourth-order valence-corrected chi connectivity index (χ4v) is 2.42. The normalized spacial score (nSPS) is 20.2. The van der Waals surface area contributed by atoms with Gasteiger partial charge in [0.25, 0.3) is 0 Å². The molecule has 0 aliphatic carbocycles. The minimum Gasteiger partial charge on any atom is -0.378 e. The van der Waals surface area contributed by atoms with Gasteiger partial charge in [-0.1, -0.05) is 19.1 Å². The highest BCUT2D eigenvalue weighted by Gasteiger charge is 2.24. The van der Waals surface area contributed by atoms with Crippen molar-refractivity contribution < 1.29 is 13.5 Å². The summed E-state index contributed by atoms with van der Waals surface area (Å²) in [6, 6.07) is 4.56. The molecule has 1 atom stereocenters. The summed E-state index contributed by atoms with van der Waals surface area (Å²) in [6.45, 7) is 6.32. The summed E-state index contributed by atoms with van der Waals surface area (Å²) in [4.78, 5) is 2.16. The Kier molecular flexibility index (Phi) is 5.88. The summed E-state index contributed by atoms with van der Waals surface area (Å²) in [7, 11) is 0. The van der Waals surface area contributed by atoms with E-state index in [0.717, 1.165) is 32.1 Å². The molecular formula is C15H22F2N2O. The smallest absolute Gasteiger partial charge is 0.163 e. The molecule has 0 aromatic heterocycles. The van der Waals surface area contributed by atoms with Crippen molar-refractivity contribution in [2.45, 2.75) is 25.9 Å². The average molecular weight is 284 g/mol. The summed E-state index contributed by atoms with van der Waals surface area (Å²) in [6.07, 6.45) is 1.08. The maximum absolute atomic E-state index is 13.7. The van der Waals surface area contributed by atoms with Crippen LogP contribution in [0.25, 0.3) is 0 Å². The predicted octanol–water partition coefficient (Wildman–Crippen LogP) is 2.17. The summed E-state index contributed by atoms with van der Waals surface area (Å²) in [5, 5.41) is 3.36. The van der Waals surface area contributed by atoms with Gasteiger partial charge in [-0.25, -0.2) is 8.78 Å². The standard InChI is InChI=1S/C15H22F2N2O/c1-2-6-18-9-13-11-20-8-7-19(13)10-12-4-3-5-14(16)15(12)17/h3-5,13,18H,2,6-11H2,1H3. The third-order valence-electron chi connectivity index (χ3n) is 3.56. The largest absolute Gasteiger partial charge is 0.378 e. The van der Waals surface area contributed by atoms with Crippen LogP contribution in [0.2, 0.25) is 0 Å². The molecule has 0 amide bonds. The van der Waals surface area contributed by atoms with Crippen molar-refractivity contribution in [3.63, 3.8) is 0 Å². The van der Waals surface area contributed by atoms with Gasteiger partial charge in [-0.05, 0) is 19.0 Å². The van der Waals surface area contributed by atoms with Crippen LogP contribution >= 0.6 is 0 Å². The third kappa shape index (κ3) is 3.98. The maximum Gasteiger partial charge on any atom is 0.163 e. The Balaban J connectivity index is 1.99. The Morgan fingerprint density at radius 1 is 1.40 bits per heavy atom. The Morgan fingerprint density at radius 3 is 3.05 bits per heavy atom. The molecule has 3 nitrogen and oxygen atoms in total. The van der Waals surface area contributed by atoms with E-state index in [9.17, 15) is 8.78 Å². The first-order valence-electron chi connectivity index (χ1n) is 7.17. The van der Waals surface area contributed by atoms with Crippen LogP contribution in [0.5, 0.6) is 0 Å². The molecule has 0 bridgehead atoms. The lowest BCUT2D eigenvalue weighted by atomic mass is 10.1. The van der Waals surface area contributed by atoms with Crippen LogP contribution < -0.4 is 5.32 Å². The average Bonchev–Trinajstić information content (AvgIpc) is 2.46. The molecule has 5 heteroatoms. The van der Waals surface area contributed by atoms with Gasteiger partial charge in [-0.2, -0.15) is 0 Å². The molecule has 1 saturated heterocycles. The number of hydrogen-bond acceptors (Lipinski definition) is 3. The molecule has 20 heavy (non-hydrogen) atoms. The SMILES string of the molecule is CCCNCC1COCCN1Cc1cccc(F)c1F. The van der Waals surface area contributed by atoms with Crippen LogP contribution in [0.15, 0.2) is 18.2 Å². The zero-order valence-corrected chi connectivity index (χ0v) is 11.9. The van der Waals surface area contributed by atoms with Gasteiger partial charge in [0, 0.05) is 31.2 Å². The van der Waals surface area contributed by atoms with Crippen LogP contribution in [0, 0.1) is 11.6 Å². The van der Waals surface area contributed by atoms with Crippen LogP contribution in [0.4, 0.5) is 8.78 Å². The highest BCUT2D eigenvalue weighted by molar-refractivity contribution is 5.19. The van der Waals surface area contributed by atoms with Crippen molar-refractivity contribution in [1.82, 2.24) is 10.2 Å². The number of morpholine rings is 1. The highest BCUT2D eigenvalue weighted by atomic mass is 19.2. The van der Waals surface area contributed by atoms with Crippen molar-refractivity contribution in [3.05, 3.63) is 35.4 Å². The second-order valence-corrected chi connectivity index (χ2v) is 5.12. The highest BCUT2D eigenvalue weighted by Crippen LogP contribution is 2.16. The summed E-state index contributed by atoms with van der Waals surface area (Å²) in [5.74, 6) is -1.52. The number of nitrogens with one attached hydrogen (secondary N) is 1. The molecule has 1 N–H and O–H groups in total. The topological polar surface area (TPSA) is 24.5 Å². The Morgan fingerprint density at radius 2 is 2.25 bits per heavy atom. The van der Waals surface area contributed by atoms with Crippen molar-refractivity contribution >= 4 is 0 Å². The lowest BCUT2D eigenvalue weighted by molar-refractivity contribution is -0.0113. The molecule has 1 aliphatic rings. The second kappa shape index (κ2) is 7.67. The number of hydrogen-bond donors (Lipinski definition) is 1. The van der Waals surface area contributed by atoms with E-state index in [2.05, 4.69) is 17.1 Å². The van der Waals surface area contributed by atoms with Crippen LogP contribution in [-0.4, -0.2) is 43.8 Å². The first kappa shape index (κ1) is 15.4. The molecule has 1 unspecified atom stereocenters. The maximum atomic E-state index is 13.7. The van der Waals surface area contributed by atoms with Crippen LogP contribution in [-0.2, 0) is 11.3 Å². The number of rotatable bonds is 6. The molecule has 1 heterocycles. The van der Waals surface area contributed by atoms with Gasteiger partial charge in [-0.3, -0.25) is 4.90 Å². The predicted molar refractivity (Wildman–Crippen MR) is 74.5 cm³/mol. The van der Waals surface area contributed by atoms with Crippen LogP contribution in [0.1, 0.15) is 18.9 Å². The Labute approximate surface area is 118 Å². The Hall–Kier alpha value is -1.04. The van der Waals surface area contributed by atoms with E-state index < -0.39 is 11.6 Å². The van der Waals surface area contributed by atoms with E-state index in [-0.39, 0.29) is 6.04 Å². The lowest BCUT2D eigenvalue weighted by Crippen LogP contribution is -2.50. The summed E-state index contributed by atoms with van der Waals surface area (Å²) in [5.41, 5.74) is 0.410. The van der Waals surface area contributed by atoms with E-state index in [1.807, 2.05) is 0 Å². The zero-order chi connectivity index (χ0) is 14.4. The van der Waals surface area contributed by atoms with Gasteiger partial charge < -0.3 is 10.1 Å². The molecular weight excluding hydrogens is 262 g/mol. The first-order valence-corrected chi connectivity index (χ1v) is 7.17. The third-order valence-corrected chi connectivity index (χ3v) is 3.56. The van der Waals surface area contributed by atoms with E-state index >= 15 is 0 Å². The van der Waals surface area contributed by atoms with Gasteiger partial charge in [0.15, 0.2) is 11.6 Å². The number of halogens is 2. The van der Waals surface area contributed by atoms with Crippen molar-refractivity contribution in [2.24, 2.45) is 0 Å². The van der Waals surface area contributed by atoms with E-state index in [4.69, 9.17) is 4.74 Å². The fourth-order valence-electron chi connectivity index (χ4n) is 2.42. The zero-order valence-electron chi connectivity index (χ0n) is 11.9. The quantitative estimate of drug-likeness (QED) is 0.810. The molecule has 2 rings (SSSR count). The van der Waals surface area contributed by atoms with Gasteiger partial charge >= 0.3 is 0 Å². The molecule has 0 radical (unpaired) electrons. The number of ether oxygens (including phenoxy) is 1. The molecule has 1 fully saturated rings.